The molecule has 198 valence electrons. The van der Waals surface area contributed by atoms with Gasteiger partial charge in [0.25, 0.3) is 0 Å². The van der Waals surface area contributed by atoms with Crippen molar-refractivity contribution in [1.82, 2.24) is 10.6 Å². The number of amides is 2. The molecule has 12 heteroatoms. The van der Waals surface area contributed by atoms with Crippen molar-refractivity contribution in [3.8, 4) is 0 Å². The Morgan fingerprint density at radius 3 is 2.12 bits per heavy atom. The molecule has 1 heterocycles. The van der Waals surface area contributed by atoms with Gasteiger partial charge in [-0.2, -0.15) is 0 Å². The van der Waals surface area contributed by atoms with Crippen molar-refractivity contribution in [2.24, 2.45) is 5.73 Å². The molecule has 0 spiro atoms. The molecule has 1 unspecified atom stereocenters. The number of aliphatic hydroxyl groups excluding tert-OH is 4. The van der Waals surface area contributed by atoms with E-state index in [4.69, 9.17) is 10.5 Å². The molecule has 0 aromatic carbocycles. The Kier molecular flexibility index (Phi) is 12.5. The molecule has 0 saturated carbocycles. The number of ketones is 1. The summed E-state index contributed by atoms with van der Waals surface area (Å²) < 4.78 is 5.23. The van der Waals surface area contributed by atoms with Crippen LogP contribution in [0.25, 0.3) is 0 Å². The van der Waals surface area contributed by atoms with Crippen LogP contribution in [0.3, 0.4) is 0 Å². The zero-order chi connectivity index (χ0) is 26.1. The maximum absolute atomic E-state index is 12.5. The van der Waals surface area contributed by atoms with Crippen molar-refractivity contribution >= 4 is 17.6 Å². The lowest BCUT2D eigenvalue weighted by molar-refractivity contribution is -0.351. The second-order valence-electron chi connectivity index (χ2n) is 9.11. The fourth-order valence-electron chi connectivity index (χ4n) is 3.67. The molecule has 1 aliphatic rings. The van der Waals surface area contributed by atoms with Gasteiger partial charge >= 0.3 is 0 Å². The van der Waals surface area contributed by atoms with Crippen LogP contribution >= 0.6 is 0 Å². The summed E-state index contributed by atoms with van der Waals surface area (Å²) in [6.45, 7) is 3.81. The Morgan fingerprint density at radius 1 is 0.971 bits per heavy atom. The van der Waals surface area contributed by atoms with Gasteiger partial charge < -0.3 is 46.6 Å². The van der Waals surface area contributed by atoms with Crippen molar-refractivity contribution in [2.75, 3.05) is 6.61 Å². The van der Waals surface area contributed by atoms with Gasteiger partial charge in [-0.1, -0.05) is 25.7 Å². The lowest BCUT2D eigenvalue weighted by Crippen LogP contribution is -2.65. The van der Waals surface area contributed by atoms with Gasteiger partial charge in [0, 0.05) is 6.42 Å². The number of unbranched alkanes of at least 4 members (excludes halogenated alkanes) is 4. The molecule has 34 heavy (non-hydrogen) atoms. The average molecular weight is 492 g/mol. The Morgan fingerprint density at radius 2 is 1.56 bits per heavy atom. The van der Waals surface area contributed by atoms with Crippen LogP contribution in [0.15, 0.2) is 0 Å². The molecule has 0 aliphatic carbocycles. The minimum atomic E-state index is -2.08. The molecule has 0 aromatic heterocycles. The highest BCUT2D eigenvalue weighted by Gasteiger charge is 2.51. The van der Waals surface area contributed by atoms with Gasteiger partial charge in [0.05, 0.1) is 18.7 Å². The number of carbonyl (C=O) groups excluding carboxylic acids is 3. The lowest BCUT2D eigenvalue weighted by atomic mass is 9.89. The molecule has 1 fully saturated rings. The molecule has 0 bridgehead atoms. The van der Waals surface area contributed by atoms with Gasteiger partial charge in [-0.05, 0) is 33.6 Å². The second-order valence-corrected chi connectivity index (χ2v) is 9.11. The normalized spacial score (nSPS) is 29.7. The summed E-state index contributed by atoms with van der Waals surface area (Å²) >= 11 is 0. The van der Waals surface area contributed by atoms with Crippen LogP contribution in [0.1, 0.15) is 65.7 Å². The van der Waals surface area contributed by atoms with Gasteiger partial charge in [0.2, 0.25) is 11.8 Å². The fraction of sp³-hybridized carbons (Fsp3) is 0.864. The van der Waals surface area contributed by atoms with E-state index in [0.717, 1.165) is 6.42 Å². The lowest BCUT2D eigenvalue weighted by Gasteiger charge is -2.45. The van der Waals surface area contributed by atoms with E-state index in [0.29, 0.717) is 32.1 Å². The predicted octanol–water partition coefficient (Wildman–Crippen LogP) is -2.19. The zero-order valence-electron chi connectivity index (χ0n) is 20.1. The third kappa shape index (κ3) is 8.84. The summed E-state index contributed by atoms with van der Waals surface area (Å²) in [5.74, 6) is -3.21. The van der Waals surface area contributed by atoms with Crippen molar-refractivity contribution < 1.29 is 44.7 Å². The van der Waals surface area contributed by atoms with Crippen LogP contribution in [-0.4, -0.2) is 98.1 Å². The van der Waals surface area contributed by atoms with Crippen molar-refractivity contribution in [3.05, 3.63) is 0 Å². The number of carbonyl (C=O) groups is 3. The quantitative estimate of drug-likeness (QED) is 0.123. The van der Waals surface area contributed by atoms with E-state index in [-0.39, 0.29) is 12.2 Å². The summed E-state index contributed by atoms with van der Waals surface area (Å²) in [4.78, 5) is 35.9. The summed E-state index contributed by atoms with van der Waals surface area (Å²) in [5.41, 5.74) is 5.57. The number of ether oxygens (including phenoxy) is 1. The molecule has 0 radical (unpaired) electrons. The third-order valence-electron chi connectivity index (χ3n) is 6.09. The third-order valence-corrected chi connectivity index (χ3v) is 6.09. The molecule has 1 rings (SSSR count). The highest BCUT2D eigenvalue weighted by molar-refractivity contribution is 5.92. The van der Waals surface area contributed by atoms with E-state index >= 15 is 0 Å². The van der Waals surface area contributed by atoms with Crippen molar-refractivity contribution in [1.29, 1.82) is 0 Å². The minimum Gasteiger partial charge on any atom is -0.394 e. The van der Waals surface area contributed by atoms with E-state index in [1.807, 2.05) is 0 Å². The van der Waals surface area contributed by atoms with Crippen LogP contribution in [0.2, 0.25) is 0 Å². The van der Waals surface area contributed by atoms with Gasteiger partial charge in [-0.15, -0.1) is 0 Å². The number of hydrogen-bond donors (Lipinski definition) is 8. The SMILES string of the molecule is CC(=O)[C@H](C)NC(=O)[C@H](CCCCCCCC1(O)O[C@H](CO)[C@H](O)[C@H](O)[C@H]1O)NC(=O)[C@H](C)N. The molecule has 8 atom stereocenters. The molecular formula is C22H41N3O9. The summed E-state index contributed by atoms with van der Waals surface area (Å²) in [6, 6.07) is -2.28. The molecule has 2 amide bonds. The van der Waals surface area contributed by atoms with Gasteiger partial charge in [0.15, 0.2) is 11.6 Å². The van der Waals surface area contributed by atoms with Crippen LogP contribution in [0.5, 0.6) is 0 Å². The molecule has 12 nitrogen and oxygen atoms in total. The first-order valence-corrected chi connectivity index (χ1v) is 11.8. The molecule has 9 N–H and O–H groups in total. The average Bonchev–Trinajstić information content (AvgIpc) is 2.78. The van der Waals surface area contributed by atoms with Gasteiger partial charge in [0.1, 0.15) is 30.5 Å². The van der Waals surface area contributed by atoms with Crippen molar-refractivity contribution in [3.63, 3.8) is 0 Å². The summed E-state index contributed by atoms with van der Waals surface area (Å²) in [7, 11) is 0. The molecule has 1 aliphatic heterocycles. The van der Waals surface area contributed by atoms with E-state index in [2.05, 4.69) is 10.6 Å². The predicted molar refractivity (Wildman–Crippen MR) is 121 cm³/mol. The molecule has 0 aromatic rings. The molecule has 1 saturated heterocycles. The van der Waals surface area contributed by atoms with Crippen molar-refractivity contribution in [2.45, 2.75) is 114 Å². The number of nitrogens with one attached hydrogen (secondary N) is 2. The number of rotatable bonds is 14. The fourth-order valence-corrected chi connectivity index (χ4v) is 3.67. The highest BCUT2D eigenvalue weighted by Crippen LogP contribution is 2.32. The number of nitrogens with two attached hydrogens (primary N) is 1. The number of aliphatic hydroxyl groups is 5. The number of hydrogen-bond acceptors (Lipinski definition) is 10. The highest BCUT2D eigenvalue weighted by atomic mass is 16.7. The van der Waals surface area contributed by atoms with Crippen LogP contribution in [0, 0.1) is 0 Å². The first kappa shape index (κ1) is 30.4. The van der Waals surface area contributed by atoms with E-state index in [1.54, 1.807) is 6.92 Å². The van der Waals surface area contributed by atoms with Gasteiger partial charge in [-0.3, -0.25) is 14.4 Å². The van der Waals surface area contributed by atoms with Crippen LogP contribution in [-0.2, 0) is 19.1 Å². The standard InChI is InChI=1S/C22H41N3O9/c1-12(23)20(31)25-15(21(32)24-13(2)14(3)27)9-7-5-4-6-8-10-22(33)19(30)18(29)17(28)16(11-26)34-22/h12-13,15-19,26,28-30,33H,4-11,23H2,1-3H3,(H,24,32)(H,25,31)/t12-,13-,15-,16+,17-,18-,19+,22?/m0/s1. The van der Waals surface area contributed by atoms with Crippen LogP contribution in [0.4, 0.5) is 0 Å². The smallest absolute Gasteiger partial charge is 0.243 e. The summed E-state index contributed by atoms with van der Waals surface area (Å²) in [6.07, 6.45) is -2.60. The Bertz CT molecular complexity index is 676. The largest absolute Gasteiger partial charge is 0.394 e. The first-order valence-electron chi connectivity index (χ1n) is 11.8. The van der Waals surface area contributed by atoms with E-state index in [9.17, 15) is 39.9 Å². The Labute approximate surface area is 199 Å². The maximum atomic E-state index is 12.5. The Hall–Kier alpha value is -1.67. The first-order chi connectivity index (χ1) is 15.8. The summed E-state index contributed by atoms with van der Waals surface area (Å²) in [5, 5.41) is 54.7. The zero-order valence-corrected chi connectivity index (χ0v) is 20.1. The number of Topliss-reactive ketones (excluding diaryl/α,β-unsaturated/α-hetero) is 1. The van der Waals surface area contributed by atoms with E-state index < -0.39 is 66.7 Å². The Balaban J connectivity index is 2.47. The maximum Gasteiger partial charge on any atom is 0.243 e. The van der Waals surface area contributed by atoms with E-state index in [1.165, 1.54) is 13.8 Å². The minimum absolute atomic E-state index is 0.00709. The second kappa shape index (κ2) is 14.0. The topological polar surface area (TPSA) is 212 Å². The van der Waals surface area contributed by atoms with Gasteiger partial charge in [-0.25, -0.2) is 0 Å². The van der Waals surface area contributed by atoms with Crippen LogP contribution < -0.4 is 16.4 Å². The monoisotopic (exact) mass is 491 g/mol. The molecular weight excluding hydrogens is 450 g/mol.